The summed E-state index contributed by atoms with van der Waals surface area (Å²) < 4.78 is 2.88. The van der Waals surface area contributed by atoms with Gasteiger partial charge in [-0.3, -0.25) is 9.38 Å². The third kappa shape index (κ3) is 1.45. The second-order valence-electron chi connectivity index (χ2n) is 2.69. The van der Waals surface area contributed by atoms with Crippen molar-refractivity contribution in [3.05, 3.63) is 28.9 Å². The lowest BCUT2D eigenvalue weighted by Gasteiger charge is -2.00. The molecule has 0 bridgehead atoms. The van der Waals surface area contributed by atoms with Gasteiger partial charge < -0.3 is 5.73 Å². The Balaban J connectivity index is 2.63. The van der Waals surface area contributed by atoms with E-state index in [-0.39, 0.29) is 0 Å². The van der Waals surface area contributed by atoms with Crippen molar-refractivity contribution in [3.63, 3.8) is 0 Å². The fourth-order valence-electron chi connectivity index (χ4n) is 1.26. The van der Waals surface area contributed by atoms with Crippen LogP contribution in [0.1, 0.15) is 5.69 Å². The number of nitrogens with zero attached hydrogens (tertiary/aromatic N) is 3. The second kappa shape index (κ2) is 3.43. The fraction of sp³-hybridized carbons (Fsp3) is 0.250. The first-order valence-electron chi connectivity index (χ1n) is 3.99. The summed E-state index contributed by atoms with van der Waals surface area (Å²) in [5.74, 6) is 0. The number of halogens is 1. The van der Waals surface area contributed by atoms with Crippen LogP contribution in [0.25, 0.3) is 5.65 Å². The monoisotopic (exact) mass is 240 g/mol. The molecule has 4 nitrogen and oxygen atoms in total. The van der Waals surface area contributed by atoms with Crippen LogP contribution in [0.15, 0.2) is 23.2 Å². The maximum Gasteiger partial charge on any atom is 0.159 e. The summed E-state index contributed by atoms with van der Waals surface area (Å²) in [4.78, 5) is 8.46. The summed E-state index contributed by atoms with van der Waals surface area (Å²) in [5.41, 5.74) is 7.28. The van der Waals surface area contributed by atoms with Gasteiger partial charge in [-0.15, -0.1) is 0 Å². The second-order valence-corrected chi connectivity index (χ2v) is 3.50. The molecule has 0 aliphatic heterocycles. The third-order valence-corrected chi connectivity index (χ3v) is 2.42. The predicted molar refractivity (Wildman–Crippen MR) is 53.4 cm³/mol. The first kappa shape index (κ1) is 8.65. The molecule has 68 valence electrons. The lowest BCUT2D eigenvalue weighted by Crippen LogP contribution is -2.06. The van der Waals surface area contributed by atoms with E-state index in [0.717, 1.165) is 22.4 Å². The molecule has 0 atom stereocenters. The molecule has 0 aromatic carbocycles. The highest BCUT2D eigenvalue weighted by Gasteiger charge is 2.05. The minimum absolute atomic E-state index is 0.594. The minimum atomic E-state index is 0.594. The third-order valence-electron chi connectivity index (χ3n) is 1.84. The zero-order valence-electron chi connectivity index (χ0n) is 6.94. The molecule has 0 amide bonds. The topological polar surface area (TPSA) is 56.2 Å². The molecule has 0 aliphatic carbocycles. The van der Waals surface area contributed by atoms with Gasteiger partial charge in [-0.05, 0) is 22.5 Å². The summed E-state index contributed by atoms with van der Waals surface area (Å²) in [6.07, 6.45) is 6.14. The lowest BCUT2D eigenvalue weighted by molar-refractivity contribution is 0.908. The maximum atomic E-state index is 5.47. The predicted octanol–water partition coefficient (Wildman–Crippen LogP) is 0.993. The number of imidazole rings is 1. The molecule has 2 aromatic rings. The van der Waals surface area contributed by atoms with Crippen molar-refractivity contribution in [2.45, 2.75) is 6.42 Å². The van der Waals surface area contributed by atoms with Gasteiger partial charge in [-0.25, -0.2) is 4.98 Å². The highest BCUT2D eigenvalue weighted by atomic mass is 79.9. The van der Waals surface area contributed by atoms with Crippen molar-refractivity contribution >= 4 is 21.6 Å². The van der Waals surface area contributed by atoms with Gasteiger partial charge in [0, 0.05) is 18.8 Å². The minimum Gasteiger partial charge on any atom is -0.330 e. The zero-order chi connectivity index (χ0) is 9.26. The fourth-order valence-corrected chi connectivity index (χ4v) is 1.64. The highest BCUT2D eigenvalue weighted by Crippen LogP contribution is 2.14. The van der Waals surface area contributed by atoms with Gasteiger partial charge in [0.25, 0.3) is 0 Å². The van der Waals surface area contributed by atoms with E-state index in [1.807, 2.05) is 10.6 Å². The molecule has 0 spiro atoms. The molecule has 13 heavy (non-hydrogen) atoms. The Bertz CT molecular complexity index is 423. The van der Waals surface area contributed by atoms with Crippen molar-refractivity contribution in [3.8, 4) is 0 Å². The van der Waals surface area contributed by atoms with Crippen molar-refractivity contribution in [2.24, 2.45) is 5.73 Å². The Morgan fingerprint density at radius 2 is 2.31 bits per heavy atom. The average molecular weight is 241 g/mol. The van der Waals surface area contributed by atoms with Crippen LogP contribution in [0.3, 0.4) is 0 Å². The quantitative estimate of drug-likeness (QED) is 0.853. The van der Waals surface area contributed by atoms with E-state index in [0.29, 0.717) is 6.54 Å². The summed E-state index contributed by atoms with van der Waals surface area (Å²) in [6.45, 7) is 0.594. The molecule has 0 radical (unpaired) electrons. The van der Waals surface area contributed by atoms with Crippen LogP contribution < -0.4 is 5.73 Å². The number of hydrogen-bond acceptors (Lipinski definition) is 3. The van der Waals surface area contributed by atoms with Crippen molar-refractivity contribution < 1.29 is 0 Å². The molecule has 0 unspecified atom stereocenters. The summed E-state index contributed by atoms with van der Waals surface area (Å²) in [5, 5.41) is 0. The van der Waals surface area contributed by atoms with Crippen molar-refractivity contribution in [1.29, 1.82) is 0 Å². The number of fused-ring (bicyclic) bond motifs is 1. The maximum absolute atomic E-state index is 5.47. The smallest absolute Gasteiger partial charge is 0.159 e. The molecule has 2 N–H and O–H groups in total. The molecular weight excluding hydrogens is 232 g/mol. The molecule has 0 saturated carbocycles. The van der Waals surface area contributed by atoms with Crippen LogP contribution in [0.4, 0.5) is 0 Å². The van der Waals surface area contributed by atoms with Crippen molar-refractivity contribution in [2.75, 3.05) is 6.54 Å². The standard InChI is InChI=1S/C8H9BrN4/c9-7-5-12-8-6(1-2-10)11-3-4-13(7)8/h3-5H,1-2,10H2. The molecule has 2 heterocycles. The first-order valence-corrected chi connectivity index (χ1v) is 4.78. The van der Waals surface area contributed by atoms with Crippen LogP contribution in [0.5, 0.6) is 0 Å². The molecule has 0 saturated heterocycles. The van der Waals surface area contributed by atoms with Crippen LogP contribution in [-0.2, 0) is 6.42 Å². The summed E-state index contributed by atoms with van der Waals surface area (Å²) in [7, 11) is 0. The Morgan fingerprint density at radius 1 is 1.46 bits per heavy atom. The van der Waals surface area contributed by atoms with E-state index < -0.39 is 0 Å². The van der Waals surface area contributed by atoms with Gasteiger partial charge in [0.15, 0.2) is 5.65 Å². The lowest BCUT2D eigenvalue weighted by atomic mass is 10.3. The van der Waals surface area contributed by atoms with E-state index >= 15 is 0 Å². The molecule has 0 aliphatic rings. The summed E-state index contributed by atoms with van der Waals surface area (Å²) in [6, 6.07) is 0. The van der Waals surface area contributed by atoms with Crippen molar-refractivity contribution in [1.82, 2.24) is 14.4 Å². The molecule has 2 rings (SSSR count). The Labute approximate surface area is 83.9 Å². The number of rotatable bonds is 2. The average Bonchev–Trinajstić information content (AvgIpc) is 2.50. The number of aromatic nitrogens is 3. The van der Waals surface area contributed by atoms with Gasteiger partial charge in [-0.1, -0.05) is 0 Å². The molecule has 0 fully saturated rings. The van der Waals surface area contributed by atoms with Gasteiger partial charge in [-0.2, -0.15) is 0 Å². The highest BCUT2D eigenvalue weighted by molar-refractivity contribution is 9.10. The van der Waals surface area contributed by atoms with Gasteiger partial charge in [0.05, 0.1) is 11.9 Å². The van der Waals surface area contributed by atoms with Crippen LogP contribution in [0, 0.1) is 0 Å². The van der Waals surface area contributed by atoms with Gasteiger partial charge in [0.2, 0.25) is 0 Å². The Hall–Kier alpha value is -0.940. The van der Waals surface area contributed by atoms with Crippen LogP contribution >= 0.6 is 15.9 Å². The van der Waals surface area contributed by atoms with E-state index in [2.05, 4.69) is 25.9 Å². The van der Waals surface area contributed by atoms with Gasteiger partial charge >= 0.3 is 0 Å². The van der Waals surface area contributed by atoms with Gasteiger partial charge in [0.1, 0.15) is 4.60 Å². The summed E-state index contributed by atoms with van der Waals surface area (Å²) >= 11 is 3.39. The van der Waals surface area contributed by atoms with E-state index in [1.54, 1.807) is 12.4 Å². The molecular formula is C8H9BrN4. The zero-order valence-corrected chi connectivity index (χ0v) is 8.53. The molecule has 5 heteroatoms. The van der Waals surface area contributed by atoms with E-state index in [1.165, 1.54) is 0 Å². The van der Waals surface area contributed by atoms with Crippen LogP contribution in [0.2, 0.25) is 0 Å². The largest absolute Gasteiger partial charge is 0.330 e. The normalized spacial score (nSPS) is 10.9. The molecule has 2 aromatic heterocycles. The van der Waals surface area contributed by atoms with E-state index in [9.17, 15) is 0 Å². The van der Waals surface area contributed by atoms with E-state index in [4.69, 9.17) is 5.73 Å². The Kier molecular flexibility index (Phi) is 2.28. The SMILES string of the molecule is NCCc1nccn2c(Br)cnc12. The Morgan fingerprint density at radius 3 is 3.08 bits per heavy atom. The first-order chi connectivity index (χ1) is 6.33. The van der Waals surface area contributed by atoms with Crippen LogP contribution in [-0.4, -0.2) is 20.9 Å². The number of hydrogen-bond donors (Lipinski definition) is 1. The number of nitrogens with two attached hydrogens (primary N) is 1.